The topological polar surface area (TPSA) is 83.8 Å². The summed E-state index contributed by atoms with van der Waals surface area (Å²) in [5.41, 5.74) is 2.17. The van der Waals surface area contributed by atoms with Gasteiger partial charge >= 0.3 is 5.63 Å². The van der Waals surface area contributed by atoms with Crippen LogP contribution in [-0.4, -0.2) is 32.1 Å². The lowest BCUT2D eigenvalue weighted by atomic mass is 10.0. The molecule has 7 heteroatoms. The summed E-state index contributed by atoms with van der Waals surface area (Å²) in [6.45, 7) is 8.24. The number of carbonyl (C=O) groups is 1. The van der Waals surface area contributed by atoms with E-state index in [9.17, 15) is 9.59 Å². The van der Waals surface area contributed by atoms with E-state index in [1.165, 1.54) is 6.07 Å². The van der Waals surface area contributed by atoms with Gasteiger partial charge in [0, 0.05) is 30.2 Å². The average molecular weight is 452 g/mol. The van der Waals surface area contributed by atoms with Crippen LogP contribution in [0.4, 0.5) is 17.1 Å². The standard InChI is InChI=1S/C26H33N3O4/c1-16(2)13-21(27-17(3)4)26(31)28-20-14-18(11-12-24(20)32-6)29(5)22-15-25(30)33-23-10-8-7-9-19(22)23/h7-12,14-17,21,27H,13H2,1-6H3,(H,28,31). The molecule has 0 aliphatic rings. The van der Waals surface area contributed by atoms with E-state index in [1.807, 2.05) is 62.2 Å². The second-order valence-corrected chi connectivity index (χ2v) is 8.88. The molecule has 0 spiro atoms. The Kier molecular flexibility index (Phi) is 7.76. The van der Waals surface area contributed by atoms with Gasteiger partial charge < -0.3 is 24.7 Å². The quantitative estimate of drug-likeness (QED) is 0.449. The molecule has 0 radical (unpaired) electrons. The van der Waals surface area contributed by atoms with Gasteiger partial charge in [0.1, 0.15) is 11.3 Å². The molecule has 7 nitrogen and oxygen atoms in total. The first kappa shape index (κ1) is 24.3. The van der Waals surface area contributed by atoms with Gasteiger partial charge in [-0.15, -0.1) is 0 Å². The van der Waals surface area contributed by atoms with Crippen LogP contribution in [0.1, 0.15) is 34.1 Å². The van der Waals surface area contributed by atoms with Crippen LogP contribution < -0.4 is 25.9 Å². The van der Waals surface area contributed by atoms with Gasteiger partial charge in [-0.1, -0.05) is 39.8 Å². The highest BCUT2D eigenvalue weighted by Gasteiger charge is 2.22. The Morgan fingerprint density at radius 2 is 1.82 bits per heavy atom. The number of carbonyl (C=O) groups excluding carboxylic acids is 1. The summed E-state index contributed by atoms with van der Waals surface area (Å²) >= 11 is 0. The van der Waals surface area contributed by atoms with Crippen molar-refractivity contribution in [3.63, 3.8) is 0 Å². The molecular weight excluding hydrogens is 418 g/mol. The lowest BCUT2D eigenvalue weighted by molar-refractivity contribution is -0.118. The second-order valence-electron chi connectivity index (χ2n) is 8.88. The lowest BCUT2D eigenvalue weighted by Crippen LogP contribution is -2.44. The van der Waals surface area contributed by atoms with E-state index in [4.69, 9.17) is 9.15 Å². The van der Waals surface area contributed by atoms with Crippen molar-refractivity contribution in [3.8, 4) is 5.75 Å². The van der Waals surface area contributed by atoms with Crippen molar-refractivity contribution < 1.29 is 13.9 Å². The van der Waals surface area contributed by atoms with Crippen molar-refractivity contribution in [1.29, 1.82) is 0 Å². The molecule has 0 aliphatic carbocycles. The molecule has 1 atom stereocenters. The zero-order valence-electron chi connectivity index (χ0n) is 20.1. The summed E-state index contributed by atoms with van der Waals surface area (Å²) < 4.78 is 10.8. The summed E-state index contributed by atoms with van der Waals surface area (Å²) in [5.74, 6) is 0.816. The number of fused-ring (bicyclic) bond motifs is 1. The molecule has 0 bridgehead atoms. The molecule has 176 valence electrons. The summed E-state index contributed by atoms with van der Waals surface area (Å²) in [6.07, 6.45) is 0.720. The number of benzene rings is 2. The molecule has 1 heterocycles. The third-order valence-corrected chi connectivity index (χ3v) is 5.38. The van der Waals surface area contributed by atoms with Gasteiger partial charge in [0.2, 0.25) is 5.91 Å². The zero-order valence-corrected chi connectivity index (χ0v) is 20.1. The van der Waals surface area contributed by atoms with E-state index >= 15 is 0 Å². The van der Waals surface area contributed by atoms with Crippen LogP contribution in [0.3, 0.4) is 0 Å². The largest absolute Gasteiger partial charge is 0.495 e. The van der Waals surface area contributed by atoms with Crippen LogP contribution >= 0.6 is 0 Å². The van der Waals surface area contributed by atoms with E-state index in [0.29, 0.717) is 28.6 Å². The van der Waals surface area contributed by atoms with E-state index in [0.717, 1.165) is 17.5 Å². The molecular formula is C26H33N3O4. The van der Waals surface area contributed by atoms with Gasteiger partial charge in [-0.05, 0) is 42.7 Å². The van der Waals surface area contributed by atoms with Crippen LogP contribution in [0.5, 0.6) is 5.75 Å². The number of anilines is 3. The van der Waals surface area contributed by atoms with E-state index in [1.54, 1.807) is 13.2 Å². The molecule has 1 unspecified atom stereocenters. The van der Waals surface area contributed by atoms with Gasteiger partial charge in [0.25, 0.3) is 0 Å². The Bertz CT molecular complexity index is 1160. The molecule has 2 aromatic carbocycles. The number of nitrogens with zero attached hydrogens (tertiary/aromatic N) is 1. The van der Waals surface area contributed by atoms with Crippen molar-refractivity contribution in [3.05, 3.63) is 59.0 Å². The fraction of sp³-hybridized carbons (Fsp3) is 0.385. The maximum absolute atomic E-state index is 13.1. The third-order valence-electron chi connectivity index (χ3n) is 5.38. The second kappa shape index (κ2) is 10.5. The highest BCUT2D eigenvalue weighted by molar-refractivity contribution is 5.97. The molecule has 3 aromatic rings. The number of hydrogen-bond donors (Lipinski definition) is 2. The van der Waals surface area contributed by atoms with E-state index in [2.05, 4.69) is 24.5 Å². The Balaban J connectivity index is 1.96. The maximum atomic E-state index is 13.1. The minimum atomic E-state index is -0.422. The van der Waals surface area contributed by atoms with Crippen LogP contribution in [-0.2, 0) is 4.79 Å². The molecule has 0 saturated heterocycles. The van der Waals surface area contributed by atoms with Crippen LogP contribution in [0.25, 0.3) is 11.0 Å². The summed E-state index contributed by atoms with van der Waals surface area (Å²) in [4.78, 5) is 27.1. The van der Waals surface area contributed by atoms with Crippen molar-refractivity contribution in [2.45, 2.75) is 46.2 Å². The monoisotopic (exact) mass is 451 g/mol. The first-order chi connectivity index (χ1) is 15.7. The van der Waals surface area contributed by atoms with Gasteiger partial charge in [-0.2, -0.15) is 0 Å². The zero-order chi connectivity index (χ0) is 24.1. The van der Waals surface area contributed by atoms with Gasteiger partial charge in [0.05, 0.1) is 24.5 Å². The molecule has 3 rings (SSSR count). The molecule has 0 fully saturated rings. The Labute approximate surface area is 194 Å². The normalized spacial score (nSPS) is 12.2. The molecule has 33 heavy (non-hydrogen) atoms. The Morgan fingerprint density at radius 1 is 1.09 bits per heavy atom. The maximum Gasteiger partial charge on any atom is 0.338 e. The fourth-order valence-corrected chi connectivity index (χ4v) is 3.86. The van der Waals surface area contributed by atoms with Crippen LogP contribution in [0.2, 0.25) is 0 Å². The molecule has 1 amide bonds. The summed E-state index contributed by atoms with van der Waals surface area (Å²) in [6, 6.07) is 14.3. The molecule has 2 N–H and O–H groups in total. The summed E-state index contributed by atoms with van der Waals surface area (Å²) in [5, 5.41) is 7.20. The first-order valence-corrected chi connectivity index (χ1v) is 11.2. The number of hydrogen-bond acceptors (Lipinski definition) is 6. The smallest absolute Gasteiger partial charge is 0.338 e. The van der Waals surface area contributed by atoms with Gasteiger partial charge in [0.15, 0.2) is 0 Å². The molecule has 0 saturated carbocycles. The highest BCUT2D eigenvalue weighted by Crippen LogP contribution is 2.34. The Hall–Kier alpha value is -3.32. The predicted octanol–water partition coefficient (Wildman–Crippen LogP) is 4.92. The number of ether oxygens (including phenoxy) is 1. The highest BCUT2D eigenvalue weighted by atomic mass is 16.5. The van der Waals surface area contributed by atoms with Crippen molar-refractivity contribution in [1.82, 2.24) is 5.32 Å². The van der Waals surface area contributed by atoms with Crippen molar-refractivity contribution in [2.75, 3.05) is 24.4 Å². The Morgan fingerprint density at radius 3 is 2.48 bits per heavy atom. The molecule has 0 aliphatic heterocycles. The van der Waals surface area contributed by atoms with E-state index in [-0.39, 0.29) is 18.0 Å². The first-order valence-electron chi connectivity index (χ1n) is 11.2. The average Bonchev–Trinajstić information content (AvgIpc) is 2.76. The van der Waals surface area contributed by atoms with Crippen LogP contribution in [0.15, 0.2) is 57.7 Å². The third kappa shape index (κ3) is 5.93. The molecule has 1 aromatic heterocycles. The fourth-order valence-electron chi connectivity index (χ4n) is 3.86. The SMILES string of the molecule is COc1ccc(N(C)c2cc(=O)oc3ccccc23)cc1NC(=O)C(CC(C)C)NC(C)C. The number of rotatable bonds is 9. The number of nitrogens with one attached hydrogen (secondary N) is 2. The van der Waals surface area contributed by atoms with Gasteiger partial charge in [-0.25, -0.2) is 4.79 Å². The minimum absolute atomic E-state index is 0.110. The summed E-state index contributed by atoms with van der Waals surface area (Å²) in [7, 11) is 3.44. The van der Waals surface area contributed by atoms with E-state index < -0.39 is 5.63 Å². The lowest BCUT2D eigenvalue weighted by Gasteiger charge is -2.24. The number of methoxy groups -OCH3 is 1. The predicted molar refractivity (Wildman–Crippen MR) is 134 cm³/mol. The minimum Gasteiger partial charge on any atom is -0.495 e. The number of para-hydroxylation sites is 1. The van der Waals surface area contributed by atoms with Crippen LogP contribution in [0, 0.1) is 5.92 Å². The number of amides is 1. The van der Waals surface area contributed by atoms with Gasteiger partial charge in [-0.3, -0.25) is 4.79 Å². The van der Waals surface area contributed by atoms with Crippen molar-refractivity contribution in [2.24, 2.45) is 5.92 Å². The van der Waals surface area contributed by atoms with Crippen molar-refractivity contribution >= 4 is 33.9 Å².